The zero-order valence-corrected chi connectivity index (χ0v) is 11.2. The molecule has 0 N–H and O–H groups in total. The standard InChI is InChI=1S/C13H6BrClF2O/c14-9-5-1-3-7(11(9)16)13(18)8-4-2-6-10(15)12(8)17/h1-6H. The van der Waals surface area contributed by atoms with Crippen molar-refractivity contribution in [2.75, 3.05) is 0 Å². The number of carbonyl (C=O) groups is 1. The Kier molecular flexibility index (Phi) is 3.78. The van der Waals surface area contributed by atoms with Crippen LogP contribution in [0.2, 0.25) is 5.02 Å². The molecule has 0 radical (unpaired) electrons. The number of carbonyl (C=O) groups excluding carboxylic acids is 1. The monoisotopic (exact) mass is 330 g/mol. The molecule has 0 aliphatic rings. The molecule has 0 aliphatic heterocycles. The Morgan fingerprint density at radius 3 is 2.22 bits per heavy atom. The Morgan fingerprint density at radius 2 is 1.56 bits per heavy atom. The largest absolute Gasteiger partial charge is 0.288 e. The third-order valence-electron chi connectivity index (χ3n) is 2.39. The van der Waals surface area contributed by atoms with Crippen LogP contribution in [0.5, 0.6) is 0 Å². The Balaban J connectivity index is 2.55. The predicted molar refractivity (Wildman–Crippen MR) is 68.9 cm³/mol. The summed E-state index contributed by atoms with van der Waals surface area (Å²) in [5.41, 5.74) is -0.454. The average molecular weight is 332 g/mol. The summed E-state index contributed by atoms with van der Waals surface area (Å²) in [4.78, 5) is 12.0. The van der Waals surface area contributed by atoms with Gasteiger partial charge in [-0.2, -0.15) is 0 Å². The SMILES string of the molecule is O=C(c1cccc(Cl)c1F)c1cccc(Br)c1F. The lowest BCUT2D eigenvalue weighted by molar-refractivity contribution is 0.103. The van der Waals surface area contributed by atoms with Crippen LogP contribution < -0.4 is 0 Å². The minimum Gasteiger partial charge on any atom is -0.288 e. The maximum Gasteiger partial charge on any atom is 0.199 e. The molecule has 2 rings (SSSR count). The molecule has 0 amide bonds. The lowest BCUT2D eigenvalue weighted by atomic mass is 10.0. The molecule has 0 bridgehead atoms. The molecular weight excluding hydrogens is 325 g/mol. The van der Waals surface area contributed by atoms with Crippen LogP contribution in [0.15, 0.2) is 40.9 Å². The van der Waals surface area contributed by atoms with Crippen molar-refractivity contribution in [2.45, 2.75) is 0 Å². The summed E-state index contributed by atoms with van der Waals surface area (Å²) < 4.78 is 27.6. The second kappa shape index (κ2) is 5.16. The van der Waals surface area contributed by atoms with E-state index >= 15 is 0 Å². The maximum atomic E-state index is 13.7. The second-order valence-corrected chi connectivity index (χ2v) is 4.79. The highest BCUT2D eigenvalue weighted by atomic mass is 79.9. The number of rotatable bonds is 2. The summed E-state index contributed by atoms with van der Waals surface area (Å²) >= 11 is 8.56. The summed E-state index contributed by atoms with van der Waals surface area (Å²) in [5.74, 6) is -2.31. The topological polar surface area (TPSA) is 17.1 Å². The highest BCUT2D eigenvalue weighted by Gasteiger charge is 2.20. The number of benzene rings is 2. The zero-order valence-electron chi connectivity index (χ0n) is 8.88. The third-order valence-corrected chi connectivity index (χ3v) is 3.30. The normalized spacial score (nSPS) is 10.4. The van der Waals surface area contributed by atoms with E-state index in [1.807, 2.05) is 0 Å². The van der Waals surface area contributed by atoms with E-state index in [9.17, 15) is 13.6 Å². The van der Waals surface area contributed by atoms with E-state index in [0.29, 0.717) is 0 Å². The van der Waals surface area contributed by atoms with Crippen LogP contribution in [0.4, 0.5) is 8.78 Å². The van der Waals surface area contributed by atoms with Gasteiger partial charge >= 0.3 is 0 Å². The summed E-state index contributed by atoms with van der Waals surface area (Å²) in [7, 11) is 0. The lowest BCUT2D eigenvalue weighted by Gasteiger charge is -2.06. The molecule has 0 unspecified atom stereocenters. The van der Waals surface area contributed by atoms with E-state index in [4.69, 9.17) is 11.6 Å². The summed E-state index contributed by atoms with van der Waals surface area (Å²) in [6, 6.07) is 8.29. The van der Waals surface area contributed by atoms with Gasteiger partial charge in [-0.05, 0) is 40.2 Å². The van der Waals surface area contributed by atoms with Gasteiger partial charge in [-0.3, -0.25) is 4.79 Å². The fourth-order valence-electron chi connectivity index (χ4n) is 1.50. The summed E-state index contributed by atoms with van der Waals surface area (Å²) in [5, 5.41) is -0.170. The Hall–Kier alpha value is -1.26. The summed E-state index contributed by atoms with van der Waals surface area (Å²) in [6.45, 7) is 0. The van der Waals surface area contributed by atoms with E-state index in [0.717, 1.165) is 0 Å². The van der Waals surface area contributed by atoms with Gasteiger partial charge in [0.15, 0.2) is 11.6 Å². The average Bonchev–Trinajstić information content (AvgIpc) is 2.35. The number of ketones is 1. The molecule has 92 valence electrons. The molecule has 0 fully saturated rings. The van der Waals surface area contributed by atoms with E-state index in [-0.39, 0.29) is 20.6 Å². The van der Waals surface area contributed by atoms with Crippen molar-refractivity contribution in [3.05, 3.63) is 68.7 Å². The van der Waals surface area contributed by atoms with Gasteiger partial charge in [0.05, 0.1) is 20.6 Å². The molecule has 18 heavy (non-hydrogen) atoms. The van der Waals surface area contributed by atoms with Gasteiger partial charge < -0.3 is 0 Å². The van der Waals surface area contributed by atoms with E-state index in [2.05, 4.69) is 15.9 Å². The van der Waals surface area contributed by atoms with Crippen molar-refractivity contribution in [2.24, 2.45) is 0 Å². The first-order valence-corrected chi connectivity index (χ1v) is 6.12. The fourth-order valence-corrected chi connectivity index (χ4v) is 2.04. The van der Waals surface area contributed by atoms with Crippen molar-refractivity contribution in [1.29, 1.82) is 0 Å². The summed E-state index contributed by atoms with van der Waals surface area (Å²) in [6.07, 6.45) is 0. The molecule has 0 spiro atoms. The van der Waals surface area contributed by atoms with Crippen LogP contribution in [-0.4, -0.2) is 5.78 Å². The molecule has 2 aromatic rings. The highest BCUT2D eigenvalue weighted by molar-refractivity contribution is 9.10. The minimum absolute atomic E-state index is 0.149. The molecule has 2 aromatic carbocycles. The third kappa shape index (κ3) is 2.31. The van der Waals surface area contributed by atoms with Gasteiger partial charge in [-0.1, -0.05) is 23.7 Å². The van der Waals surface area contributed by atoms with Crippen molar-refractivity contribution >= 4 is 33.3 Å². The second-order valence-electron chi connectivity index (χ2n) is 3.53. The van der Waals surface area contributed by atoms with E-state index in [1.54, 1.807) is 0 Å². The first-order valence-electron chi connectivity index (χ1n) is 4.95. The maximum absolute atomic E-state index is 13.7. The van der Waals surface area contributed by atoms with Crippen LogP contribution in [0.1, 0.15) is 15.9 Å². The van der Waals surface area contributed by atoms with Crippen LogP contribution in [-0.2, 0) is 0 Å². The lowest BCUT2D eigenvalue weighted by Crippen LogP contribution is -2.07. The van der Waals surface area contributed by atoms with Gasteiger partial charge in [0.1, 0.15) is 5.82 Å². The molecule has 0 saturated carbocycles. The zero-order chi connectivity index (χ0) is 13.3. The highest BCUT2D eigenvalue weighted by Crippen LogP contribution is 2.24. The molecule has 0 heterocycles. The Labute approximate surface area is 116 Å². The van der Waals surface area contributed by atoms with Crippen molar-refractivity contribution in [3.63, 3.8) is 0 Å². The van der Waals surface area contributed by atoms with Crippen LogP contribution >= 0.6 is 27.5 Å². The van der Waals surface area contributed by atoms with Crippen molar-refractivity contribution < 1.29 is 13.6 Å². The van der Waals surface area contributed by atoms with Gasteiger partial charge in [0.25, 0.3) is 0 Å². The van der Waals surface area contributed by atoms with Crippen molar-refractivity contribution in [3.8, 4) is 0 Å². The van der Waals surface area contributed by atoms with Gasteiger partial charge in [-0.25, -0.2) is 8.78 Å². The van der Waals surface area contributed by atoms with E-state index in [1.165, 1.54) is 36.4 Å². The fraction of sp³-hybridized carbons (Fsp3) is 0. The molecular formula is C13H6BrClF2O. The Bertz CT molecular complexity index is 575. The van der Waals surface area contributed by atoms with E-state index < -0.39 is 17.4 Å². The van der Waals surface area contributed by atoms with Gasteiger partial charge in [-0.15, -0.1) is 0 Å². The van der Waals surface area contributed by atoms with Crippen LogP contribution in [0.3, 0.4) is 0 Å². The molecule has 1 nitrogen and oxygen atoms in total. The Morgan fingerprint density at radius 1 is 1.00 bits per heavy atom. The number of halogens is 4. The molecule has 0 atom stereocenters. The molecule has 5 heteroatoms. The van der Waals surface area contributed by atoms with Gasteiger partial charge in [0, 0.05) is 0 Å². The number of hydrogen-bond acceptors (Lipinski definition) is 1. The first kappa shape index (κ1) is 13.2. The quantitative estimate of drug-likeness (QED) is 0.734. The molecule has 0 aliphatic carbocycles. The first-order chi connectivity index (χ1) is 8.52. The molecule has 0 aromatic heterocycles. The molecule has 0 saturated heterocycles. The smallest absolute Gasteiger partial charge is 0.199 e. The van der Waals surface area contributed by atoms with Gasteiger partial charge in [0.2, 0.25) is 0 Å². The van der Waals surface area contributed by atoms with Crippen LogP contribution in [0, 0.1) is 11.6 Å². The van der Waals surface area contributed by atoms with Crippen molar-refractivity contribution in [1.82, 2.24) is 0 Å². The minimum atomic E-state index is -0.844. The van der Waals surface area contributed by atoms with Crippen LogP contribution in [0.25, 0.3) is 0 Å². The number of hydrogen-bond donors (Lipinski definition) is 0. The predicted octanol–water partition coefficient (Wildman–Crippen LogP) is 4.61.